The van der Waals surface area contributed by atoms with E-state index in [1.165, 1.54) is 12.1 Å². The van der Waals surface area contributed by atoms with Crippen molar-refractivity contribution in [3.63, 3.8) is 0 Å². The summed E-state index contributed by atoms with van der Waals surface area (Å²) in [6.45, 7) is 0.278. The molecule has 0 radical (unpaired) electrons. The average molecular weight is 305 g/mol. The van der Waals surface area contributed by atoms with E-state index in [4.69, 9.17) is 11.6 Å². The van der Waals surface area contributed by atoms with Gasteiger partial charge in [-0.15, -0.1) is 0 Å². The Morgan fingerprint density at radius 1 is 1.05 bits per heavy atom. The van der Waals surface area contributed by atoms with Crippen molar-refractivity contribution >= 4 is 28.2 Å². The number of anilines is 1. The molecule has 0 saturated heterocycles. The summed E-state index contributed by atoms with van der Waals surface area (Å²) >= 11 is 6.07. The highest BCUT2D eigenvalue weighted by molar-refractivity contribution is 6.31. The molecule has 3 rings (SSSR count). The van der Waals surface area contributed by atoms with Gasteiger partial charge in [-0.3, -0.25) is 4.98 Å². The molecule has 21 heavy (non-hydrogen) atoms. The number of fused-ring (bicyclic) bond motifs is 1. The molecule has 2 nitrogen and oxygen atoms in total. The van der Waals surface area contributed by atoms with E-state index in [0.717, 1.165) is 22.7 Å². The first-order valence-corrected chi connectivity index (χ1v) is 6.73. The second kappa shape index (κ2) is 5.66. The van der Waals surface area contributed by atoms with Crippen molar-refractivity contribution in [2.45, 2.75) is 6.54 Å². The van der Waals surface area contributed by atoms with Gasteiger partial charge in [-0.1, -0.05) is 17.7 Å². The molecule has 1 heterocycles. The zero-order valence-electron chi connectivity index (χ0n) is 10.9. The standard InChI is InChI=1S/C16H11ClF2N2/c17-12-6-11-2-1-3-20-16(11)15(7-12)21-9-10-4-13(18)8-14(19)5-10/h1-8,21H,9H2. The van der Waals surface area contributed by atoms with Crippen LogP contribution in [0.25, 0.3) is 10.9 Å². The maximum atomic E-state index is 13.2. The summed E-state index contributed by atoms with van der Waals surface area (Å²) in [5.74, 6) is -1.19. The molecule has 106 valence electrons. The maximum absolute atomic E-state index is 13.2. The van der Waals surface area contributed by atoms with Gasteiger partial charge < -0.3 is 5.32 Å². The van der Waals surface area contributed by atoms with E-state index < -0.39 is 11.6 Å². The molecule has 0 amide bonds. The molecule has 0 aliphatic carbocycles. The van der Waals surface area contributed by atoms with Crippen LogP contribution in [0.3, 0.4) is 0 Å². The lowest BCUT2D eigenvalue weighted by Gasteiger charge is -2.10. The van der Waals surface area contributed by atoms with Crippen molar-refractivity contribution in [3.05, 3.63) is 70.9 Å². The van der Waals surface area contributed by atoms with E-state index in [-0.39, 0.29) is 6.54 Å². The number of benzene rings is 2. The van der Waals surface area contributed by atoms with E-state index >= 15 is 0 Å². The summed E-state index contributed by atoms with van der Waals surface area (Å²) < 4.78 is 26.3. The molecule has 0 saturated carbocycles. The summed E-state index contributed by atoms with van der Waals surface area (Å²) in [4.78, 5) is 4.30. The van der Waals surface area contributed by atoms with Crippen molar-refractivity contribution in [1.82, 2.24) is 4.98 Å². The Kier molecular flexibility index (Phi) is 3.71. The van der Waals surface area contributed by atoms with Gasteiger partial charge in [0.1, 0.15) is 11.6 Å². The molecule has 2 aromatic carbocycles. The van der Waals surface area contributed by atoms with Gasteiger partial charge in [0.25, 0.3) is 0 Å². The summed E-state index contributed by atoms with van der Waals surface area (Å²) in [6.07, 6.45) is 1.68. The van der Waals surface area contributed by atoms with Crippen LogP contribution in [0.4, 0.5) is 14.5 Å². The van der Waals surface area contributed by atoms with Crippen molar-refractivity contribution < 1.29 is 8.78 Å². The summed E-state index contributed by atoms with van der Waals surface area (Å²) in [7, 11) is 0. The van der Waals surface area contributed by atoms with Crippen LogP contribution in [0.1, 0.15) is 5.56 Å². The minimum absolute atomic E-state index is 0.278. The number of hydrogen-bond donors (Lipinski definition) is 1. The van der Waals surface area contributed by atoms with Crippen LogP contribution in [0, 0.1) is 11.6 Å². The molecular weight excluding hydrogens is 294 g/mol. The van der Waals surface area contributed by atoms with Crippen LogP contribution in [-0.4, -0.2) is 4.98 Å². The minimum Gasteiger partial charge on any atom is -0.379 e. The summed E-state index contributed by atoms with van der Waals surface area (Å²) in [5.41, 5.74) is 2.00. The van der Waals surface area contributed by atoms with E-state index in [0.29, 0.717) is 10.6 Å². The van der Waals surface area contributed by atoms with Gasteiger partial charge in [-0.25, -0.2) is 8.78 Å². The average Bonchev–Trinajstić information content (AvgIpc) is 2.43. The molecule has 1 N–H and O–H groups in total. The van der Waals surface area contributed by atoms with Gasteiger partial charge in [0.15, 0.2) is 0 Å². The van der Waals surface area contributed by atoms with E-state index in [9.17, 15) is 8.78 Å². The van der Waals surface area contributed by atoms with Crippen LogP contribution >= 0.6 is 11.6 Å². The molecule has 0 spiro atoms. The maximum Gasteiger partial charge on any atom is 0.126 e. The normalized spacial score (nSPS) is 10.8. The molecule has 0 fully saturated rings. The first kappa shape index (κ1) is 13.8. The molecule has 0 aliphatic heterocycles. The zero-order chi connectivity index (χ0) is 14.8. The Hall–Kier alpha value is -2.20. The van der Waals surface area contributed by atoms with Crippen LogP contribution in [0.5, 0.6) is 0 Å². The first-order valence-electron chi connectivity index (χ1n) is 6.35. The van der Waals surface area contributed by atoms with Crippen LogP contribution < -0.4 is 5.32 Å². The minimum atomic E-state index is -0.596. The number of hydrogen-bond acceptors (Lipinski definition) is 2. The van der Waals surface area contributed by atoms with Crippen LogP contribution in [0.15, 0.2) is 48.7 Å². The van der Waals surface area contributed by atoms with E-state index in [1.807, 2.05) is 18.2 Å². The Bertz CT molecular complexity index is 785. The Morgan fingerprint density at radius 2 is 1.81 bits per heavy atom. The molecule has 0 bridgehead atoms. The highest BCUT2D eigenvalue weighted by Crippen LogP contribution is 2.26. The van der Waals surface area contributed by atoms with Crippen molar-refractivity contribution in [2.75, 3.05) is 5.32 Å². The van der Waals surface area contributed by atoms with E-state index in [1.54, 1.807) is 12.3 Å². The number of aromatic nitrogens is 1. The molecule has 5 heteroatoms. The number of nitrogens with one attached hydrogen (secondary N) is 1. The van der Waals surface area contributed by atoms with Gasteiger partial charge in [0.05, 0.1) is 11.2 Å². The fraction of sp³-hybridized carbons (Fsp3) is 0.0625. The summed E-state index contributed by atoms with van der Waals surface area (Å²) in [5, 5.41) is 4.59. The monoisotopic (exact) mass is 304 g/mol. The van der Waals surface area contributed by atoms with Gasteiger partial charge in [0, 0.05) is 29.2 Å². The number of rotatable bonds is 3. The van der Waals surface area contributed by atoms with Crippen molar-refractivity contribution in [2.24, 2.45) is 0 Å². The lowest BCUT2D eigenvalue weighted by atomic mass is 10.1. The molecule has 1 aromatic heterocycles. The van der Waals surface area contributed by atoms with Gasteiger partial charge >= 0.3 is 0 Å². The van der Waals surface area contributed by atoms with Crippen molar-refractivity contribution in [3.8, 4) is 0 Å². The molecule has 3 aromatic rings. The third-order valence-electron chi connectivity index (χ3n) is 3.07. The van der Waals surface area contributed by atoms with Gasteiger partial charge in [0.2, 0.25) is 0 Å². The number of nitrogens with zero attached hydrogens (tertiary/aromatic N) is 1. The molecular formula is C16H11ClF2N2. The van der Waals surface area contributed by atoms with Crippen molar-refractivity contribution in [1.29, 1.82) is 0 Å². The third-order valence-corrected chi connectivity index (χ3v) is 3.29. The predicted octanol–water partition coefficient (Wildman–Crippen LogP) is 4.78. The third kappa shape index (κ3) is 3.11. The Balaban J connectivity index is 1.91. The number of pyridine rings is 1. The summed E-state index contributed by atoms with van der Waals surface area (Å²) in [6, 6.07) is 10.7. The lowest BCUT2D eigenvalue weighted by molar-refractivity contribution is 0.580. The highest BCUT2D eigenvalue weighted by Gasteiger charge is 2.05. The smallest absolute Gasteiger partial charge is 0.126 e. The quantitative estimate of drug-likeness (QED) is 0.753. The Morgan fingerprint density at radius 3 is 2.57 bits per heavy atom. The highest BCUT2D eigenvalue weighted by atomic mass is 35.5. The first-order chi connectivity index (χ1) is 10.1. The molecule has 0 aliphatic rings. The van der Waals surface area contributed by atoms with E-state index in [2.05, 4.69) is 10.3 Å². The Labute approximate surface area is 125 Å². The van der Waals surface area contributed by atoms with Crippen LogP contribution in [0.2, 0.25) is 5.02 Å². The second-order valence-corrected chi connectivity index (χ2v) is 5.10. The molecule has 0 unspecified atom stereocenters. The zero-order valence-corrected chi connectivity index (χ0v) is 11.7. The second-order valence-electron chi connectivity index (χ2n) is 4.66. The van der Waals surface area contributed by atoms with Gasteiger partial charge in [-0.2, -0.15) is 0 Å². The van der Waals surface area contributed by atoms with Crippen LogP contribution in [-0.2, 0) is 6.54 Å². The lowest BCUT2D eigenvalue weighted by Crippen LogP contribution is -2.02. The largest absolute Gasteiger partial charge is 0.379 e. The predicted molar refractivity (Wildman–Crippen MR) is 80.4 cm³/mol. The molecule has 0 atom stereocenters. The van der Waals surface area contributed by atoms with Gasteiger partial charge in [-0.05, 0) is 35.9 Å². The fourth-order valence-electron chi connectivity index (χ4n) is 2.20. The topological polar surface area (TPSA) is 24.9 Å². The fourth-order valence-corrected chi connectivity index (χ4v) is 2.43. The SMILES string of the molecule is Fc1cc(F)cc(CNc2cc(Cl)cc3cccnc23)c1. The number of halogens is 3.